The fourth-order valence-corrected chi connectivity index (χ4v) is 3.98. The van der Waals surface area contributed by atoms with Crippen molar-refractivity contribution in [3.05, 3.63) is 47.0 Å². The van der Waals surface area contributed by atoms with Crippen LogP contribution in [0.3, 0.4) is 0 Å². The first kappa shape index (κ1) is 21.7. The quantitative estimate of drug-likeness (QED) is 0.737. The summed E-state index contributed by atoms with van der Waals surface area (Å²) in [6.07, 6.45) is 0. The summed E-state index contributed by atoms with van der Waals surface area (Å²) in [5, 5.41) is 0. The molecule has 0 aliphatic rings. The van der Waals surface area contributed by atoms with Gasteiger partial charge < -0.3 is 14.4 Å². The van der Waals surface area contributed by atoms with Gasteiger partial charge in [0.15, 0.2) is 11.5 Å². The first-order valence-corrected chi connectivity index (χ1v) is 10.0. The monoisotopic (exact) mass is 406 g/mol. The number of hydrogen-bond acceptors (Lipinski definition) is 5. The van der Waals surface area contributed by atoms with E-state index < -0.39 is 10.0 Å². The van der Waals surface area contributed by atoms with E-state index in [0.29, 0.717) is 28.3 Å². The molecule has 0 fully saturated rings. The molecule has 0 spiro atoms. The Balaban J connectivity index is 2.51. The zero-order chi connectivity index (χ0) is 21.2. The van der Waals surface area contributed by atoms with E-state index >= 15 is 0 Å². The SMILES string of the molecule is COc1ccc(N(C)C(=O)c2cc(C)c(C)c(S(=O)(=O)N(C)C)c2)cc1OC. The molecular formula is C20H26N2O5S. The summed E-state index contributed by atoms with van der Waals surface area (Å²) in [4.78, 5) is 14.6. The summed E-state index contributed by atoms with van der Waals surface area (Å²) in [5.41, 5.74) is 2.24. The fraction of sp³-hybridized carbons (Fsp3) is 0.350. The molecule has 152 valence electrons. The van der Waals surface area contributed by atoms with Crippen molar-refractivity contribution in [2.24, 2.45) is 0 Å². The molecule has 0 unspecified atom stereocenters. The van der Waals surface area contributed by atoms with Gasteiger partial charge in [-0.15, -0.1) is 0 Å². The lowest BCUT2D eigenvalue weighted by Gasteiger charge is -2.21. The number of carbonyl (C=O) groups excluding carboxylic acids is 1. The molecule has 0 aromatic heterocycles. The van der Waals surface area contributed by atoms with Gasteiger partial charge in [-0.25, -0.2) is 12.7 Å². The maximum Gasteiger partial charge on any atom is 0.258 e. The number of benzene rings is 2. The highest BCUT2D eigenvalue weighted by Gasteiger charge is 2.24. The molecule has 7 nitrogen and oxygen atoms in total. The molecule has 0 radical (unpaired) electrons. The van der Waals surface area contributed by atoms with Crippen LogP contribution in [0.4, 0.5) is 5.69 Å². The second-order valence-electron chi connectivity index (χ2n) is 6.61. The van der Waals surface area contributed by atoms with Crippen molar-refractivity contribution in [2.45, 2.75) is 18.7 Å². The Kier molecular flexibility index (Phi) is 6.36. The Morgan fingerprint density at radius 3 is 2.07 bits per heavy atom. The molecule has 0 atom stereocenters. The van der Waals surface area contributed by atoms with Crippen LogP contribution in [0.1, 0.15) is 21.5 Å². The number of anilines is 1. The molecule has 0 aliphatic heterocycles. The van der Waals surface area contributed by atoms with E-state index in [-0.39, 0.29) is 10.8 Å². The molecule has 0 aliphatic carbocycles. The van der Waals surface area contributed by atoms with E-state index in [1.807, 2.05) is 0 Å². The van der Waals surface area contributed by atoms with Crippen molar-refractivity contribution in [3.8, 4) is 11.5 Å². The first-order chi connectivity index (χ1) is 13.0. The van der Waals surface area contributed by atoms with E-state index in [1.54, 1.807) is 45.2 Å². The van der Waals surface area contributed by atoms with Gasteiger partial charge in [0, 0.05) is 38.5 Å². The highest BCUT2D eigenvalue weighted by molar-refractivity contribution is 7.89. The molecule has 0 N–H and O–H groups in total. The van der Waals surface area contributed by atoms with Gasteiger partial charge in [-0.05, 0) is 49.2 Å². The van der Waals surface area contributed by atoms with Gasteiger partial charge >= 0.3 is 0 Å². The lowest BCUT2D eigenvalue weighted by molar-refractivity contribution is 0.0992. The minimum atomic E-state index is -3.67. The van der Waals surface area contributed by atoms with Gasteiger partial charge in [-0.1, -0.05) is 0 Å². The van der Waals surface area contributed by atoms with Crippen LogP contribution in [-0.4, -0.2) is 54.0 Å². The molecule has 28 heavy (non-hydrogen) atoms. The zero-order valence-electron chi connectivity index (χ0n) is 17.2. The highest BCUT2D eigenvalue weighted by atomic mass is 32.2. The van der Waals surface area contributed by atoms with Crippen molar-refractivity contribution in [1.82, 2.24) is 4.31 Å². The first-order valence-electron chi connectivity index (χ1n) is 8.58. The molecule has 2 rings (SSSR count). The van der Waals surface area contributed by atoms with Crippen molar-refractivity contribution < 1.29 is 22.7 Å². The third-order valence-corrected chi connectivity index (χ3v) is 6.63. The number of hydrogen-bond donors (Lipinski definition) is 0. The third-order valence-electron chi connectivity index (χ3n) is 4.68. The molecule has 0 saturated heterocycles. The molecule has 0 heterocycles. The van der Waals surface area contributed by atoms with Gasteiger partial charge in [0.1, 0.15) is 0 Å². The van der Waals surface area contributed by atoms with Gasteiger partial charge in [0.2, 0.25) is 10.0 Å². The van der Waals surface area contributed by atoms with Crippen molar-refractivity contribution >= 4 is 21.6 Å². The largest absolute Gasteiger partial charge is 0.493 e. The number of nitrogens with zero attached hydrogens (tertiary/aromatic N) is 2. The predicted molar refractivity (Wildman–Crippen MR) is 109 cm³/mol. The van der Waals surface area contributed by atoms with Crippen molar-refractivity contribution in [1.29, 1.82) is 0 Å². The number of carbonyl (C=O) groups is 1. The van der Waals surface area contributed by atoms with Gasteiger partial charge in [0.05, 0.1) is 19.1 Å². The summed E-state index contributed by atoms with van der Waals surface area (Å²) in [7, 11) is 3.94. The average Bonchev–Trinajstić information content (AvgIpc) is 2.67. The second kappa shape index (κ2) is 8.20. The summed E-state index contributed by atoms with van der Waals surface area (Å²) >= 11 is 0. The van der Waals surface area contributed by atoms with Gasteiger partial charge in [-0.2, -0.15) is 0 Å². The number of aryl methyl sites for hydroxylation is 1. The van der Waals surface area contributed by atoms with E-state index in [0.717, 1.165) is 9.87 Å². The van der Waals surface area contributed by atoms with Gasteiger partial charge in [-0.3, -0.25) is 4.79 Å². The number of ether oxygens (including phenoxy) is 2. The van der Waals surface area contributed by atoms with E-state index in [1.165, 1.54) is 39.3 Å². The Hall–Kier alpha value is -2.58. The molecule has 0 bridgehead atoms. The highest BCUT2D eigenvalue weighted by Crippen LogP contribution is 2.32. The maximum absolute atomic E-state index is 13.1. The Bertz CT molecular complexity index is 1000. The molecule has 0 saturated carbocycles. The van der Waals surface area contributed by atoms with E-state index in [2.05, 4.69) is 0 Å². The Labute approximate surface area is 166 Å². The summed E-state index contributed by atoms with van der Waals surface area (Å²) in [6, 6.07) is 8.26. The lowest BCUT2D eigenvalue weighted by Crippen LogP contribution is -2.28. The van der Waals surface area contributed by atoms with Crippen molar-refractivity contribution in [3.63, 3.8) is 0 Å². The topological polar surface area (TPSA) is 76.2 Å². The number of sulfonamides is 1. The van der Waals surface area contributed by atoms with Crippen molar-refractivity contribution in [2.75, 3.05) is 40.3 Å². The van der Waals surface area contributed by atoms with Crippen LogP contribution < -0.4 is 14.4 Å². The Morgan fingerprint density at radius 2 is 1.54 bits per heavy atom. The van der Waals surface area contributed by atoms with Crippen LogP contribution >= 0.6 is 0 Å². The number of amides is 1. The van der Waals surface area contributed by atoms with Gasteiger partial charge in [0.25, 0.3) is 5.91 Å². The smallest absolute Gasteiger partial charge is 0.258 e. The number of rotatable bonds is 6. The van der Waals surface area contributed by atoms with E-state index in [9.17, 15) is 13.2 Å². The maximum atomic E-state index is 13.1. The van der Waals surface area contributed by atoms with Crippen LogP contribution in [-0.2, 0) is 10.0 Å². The normalized spacial score (nSPS) is 11.4. The zero-order valence-corrected chi connectivity index (χ0v) is 18.0. The van der Waals surface area contributed by atoms with Crippen LogP contribution in [0.15, 0.2) is 35.2 Å². The summed E-state index contributed by atoms with van der Waals surface area (Å²) in [6.45, 7) is 3.52. The van der Waals surface area contributed by atoms with Crippen LogP contribution in [0.2, 0.25) is 0 Å². The third kappa shape index (κ3) is 3.98. The Morgan fingerprint density at radius 1 is 0.929 bits per heavy atom. The molecule has 8 heteroatoms. The van der Waals surface area contributed by atoms with E-state index in [4.69, 9.17) is 9.47 Å². The molecule has 2 aromatic carbocycles. The summed E-state index contributed by atoms with van der Waals surface area (Å²) < 4.78 is 36.9. The molecule has 1 amide bonds. The molecular weight excluding hydrogens is 380 g/mol. The second-order valence-corrected chi connectivity index (χ2v) is 8.73. The van der Waals surface area contributed by atoms with Crippen LogP contribution in [0, 0.1) is 13.8 Å². The fourth-order valence-electron chi connectivity index (χ4n) is 2.76. The average molecular weight is 407 g/mol. The molecule has 2 aromatic rings. The standard InChI is InChI=1S/C20H26N2O5S/c1-13-10-15(11-19(14(13)2)28(24,25)21(3)4)20(23)22(5)16-8-9-17(26-6)18(12-16)27-7/h8-12H,1-7H3. The lowest BCUT2D eigenvalue weighted by atomic mass is 10.1. The minimum absolute atomic E-state index is 0.126. The summed E-state index contributed by atoms with van der Waals surface area (Å²) in [5.74, 6) is 0.721. The minimum Gasteiger partial charge on any atom is -0.493 e. The predicted octanol–water partition coefficient (Wildman–Crippen LogP) is 2.85. The van der Waals surface area contributed by atoms with Crippen LogP contribution in [0.25, 0.3) is 0 Å². The number of methoxy groups -OCH3 is 2. The van der Waals surface area contributed by atoms with Crippen LogP contribution in [0.5, 0.6) is 11.5 Å².